The molecule has 0 spiro atoms. The Bertz CT molecular complexity index is 560. The van der Waals surface area contributed by atoms with Crippen LogP contribution in [0.3, 0.4) is 0 Å². The van der Waals surface area contributed by atoms with Crippen molar-refractivity contribution in [3.05, 3.63) is 18.4 Å². The lowest BCUT2D eigenvalue weighted by atomic mass is 9.44. The Morgan fingerprint density at radius 2 is 2.00 bits per heavy atom. The summed E-state index contributed by atoms with van der Waals surface area (Å²) in [5, 5.41) is 10.5. The van der Waals surface area contributed by atoms with E-state index >= 15 is 0 Å². The number of aliphatic hydroxyl groups is 1. The third kappa shape index (κ3) is 2.07. The zero-order chi connectivity index (χ0) is 16.2. The monoisotopic (exact) mass is 314 g/mol. The summed E-state index contributed by atoms with van der Waals surface area (Å²) in [5.41, 5.74) is 3.41. The molecule has 4 fully saturated rings. The van der Waals surface area contributed by atoms with E-state index in [4.69, 9.17) is 0 Å². The van der Waals surface area contributed by atoms with Crippen LogP contribution < -0.4 is 0 Å². The van der Waals surface area contributed by atoms with Crippen LogP contribution in [-0.4, -0.2) is 17.0 Å². The van der Waals surface area contributed by atoms with Gasteiger partial charge in [0.2, 0.25) is 0 Å². The van der Waals surface area contributed by atoms with E-state index in [1.807, 2.05) is 0 Å². The Balaban J connectivity index is 1.71. The van der Waals surface area contributed by atoms with Gasteiger partial charge in [0.25, 0.3) is 0 Å². The highest BCUT2D eigenvalue weighted by Gasteiger charge is 2.60. The third-order valence-corrected chi connectivity index (χ3v) is 8.37. The van der Waals surface area contributed by atoms with Gasteiger partial charge in [0.1, 0.15) is 5.78 Å². The number of rotatable bonds is 1. The van der Waals surface area contributed by atoms with Crippen molar-refractivity contribution in [2.24, 2.45) is 34.5 Å². The molecule has 4 rings (SSSR count). The van der Waals surface area contributed by atoms with E-state index < -0.39 is 0 Å². The number of allylic oxidation sites excluding steroid dienone is 1. The minimum Gasteiger partial charge on any atom is -0.393 e. The van der Waals surface area contributed by atoms with Crippen molar-refractivity contribution in [2.75, 3.05) is 0 Å². The normalized spacial score (nSPS) is 52.1. The van der Waals surface area contributed by atoms with Gasteiger partial charge in [-0.25, -0.2) is 0 Å². The van der Waals surface area contributed by atoms with Crippen molar-refractivity contribution < 1.29 is 9.90 Å². The Morgan fingerprint density at radius 3 is 2.78 bits per heavy atom. The molecule has 7 atom stereocenters. The van der Waals surface area contributed by atoms with Crippen LogP contribution >= 0.6 is 0 Å². The van der Waals surface area contributed by atoms with E-state index in [9.17, 15) is 9.90 Å². The molecule has 23 heavy (non-hydrogen) atoms. The molecular weight excluding hydrogens is 284 g/mol. The van der Waals surface area contributed by atoms with Gasteiger partial charge in [-0.1, -0.05) is 13.5 Å². The van der Waals surface area contributed by atoms with Crippen molar-refractivity contribution in [3.8, 4) is 0 Å². The minimum absolute atomic E-state index is 0.106. The number of carbonyl (C=O) groups excluding carboxylic acids is 1. The summed E-state index contributed by atoms with van der Waals surface area (Å²) >= 11 is 0. The van der Waals surface area contributed by atoms with Crippen molar-refractivity contribution in [2.45, 2.75) is 70.8 Å². The molecule has 0 bridgehead atoms. The van der Waals surface area contributed by atoms with E-state index in [-0.39, 0.29) is 16.9 Å². The lowest BCUT2D eigenvalue weighted by Gasteiger charge is -2.59. The van der Waals surface area contributed by atoms with Gasteiger partial charge < -0.3 is 5.11 Å². The van der Waals surface area contributed by atoms with Crippen LogP contribution in [0.4, 0.5) is 0 Å². The molecule has 0 amide bonds. The molecule has 0 radical (unpaired) electrons. The summed E-state index contributed by atoms with van der Waals surface area (Å²) < 4.78 is 0. The number of hydrogen-bond donors (Lipinski definition) is 1. The largest absolute Gasteiger partial charge is 0.393 e. The molecule has 0 aromatic rings. The number of carbonyl (C=O) groups is 1. The number of hydrogen-bond acceptors (Lipinski definition) is 2. The van der Waals surface area contributed by atoms with E-state index in [1.54, 1.807) is 0 Å². The summed E-state index contributed by atoms with van der Waals surface area (Å²) in [6.07, 6.45) is 11.6. The Morgan fingerprint density at radius 1 is 1.17 bits per heavy atom. The van der Waals surface area contributed by atoms with Crippen molar-refractivity contribution >= 4 is 5.78 Å². The molecule has 2 heteroatoms. The summed E-state index contributed by atoms with van der Waals surface area (Å²) in [6, 6.07) is 0. The molecule has 4 aliphatic rings. The van der Waals surface area contributed by atoms with Gasteiger partial charge in [-0.2, -0.15) is 0 Å². The van der Waals surface area contributed by atoms with Gasteiger partial charge in [0.05, 0.1) is 6.10 Å². The molecular formula is C21H30O2. The Kier molecular flexibility index (Phi) is 3.63. The highest BCUT2D eigenvalue weighted by Crippen LogP contribution is 2.66. The average Bonchev–Trinajstić information content (AvgIpc) is 2.84. The standard InChI is InChI=1S/C21H30O2/c1-3-10-21-12-8-15(22)13-14(21)4-5-16-17-6-7-19(23)20(17,2)11-9-18(16)21/h10,14,16-19,23H,1,4-9,11-13H2,2H3/t14-,16-,17-,18-,19-,20-,21-/m0/s1. The highest BCUT2D eigenvalue weighted by molar-refractivity contribution is 5.79. The first kappa shape index (κ1) is 15.7. The lowest BCUT2D eigenvalue weighted by Crippen LogP contribution is -2.54. The predicted molar refractivity (Wildman–Crippen MR) is 90.8 cm³/mol. The fourth-order valence-corrected chi connectivity index (χ4v) is 7.20. The van der Waals surface area contributed by atoms with E-state index in [0.29, 0.717) is 23.5 Å². The van der Waals surface area contributed by atoms with Crippen LogP contribution in [0.25, 0.3) is 0 Å². The topological polar surface area (TPSA) is 37.3 Å². The molecule has 0 aromatic carbocycles. The van der Waals surface area contributed by atoms with Gasteiger partial charge >= 0.3 is 0 Å². The van der Waals surface area contributed by atoms with E-state index in [1.165, 1.54) is 25.7 Å². The van der Waals surface area contributed by atoms with Gasteiger partial charge in [-0.05, 0) is 80.1 Å². The molecule has 4 saturated carbocycles. The van der Waals surface area contributed by atoms with E-state index in [0.717, 1.165) is 38.0 Å². The quantitative estimate of drug-likeness (QED) is 0.733. The van der Waals surface area contributed by atoms with Crippen LogP contribution in [0.15, 0.2) is 18.4 Å². The van der Waals surface area contributed by atoms with Crippen LogP contribution in [0.5, 0.6) is 0 Å². The molecule has 0 heterocycles. The first-order valence-corrected chi connectivity index (χ1v) is 9.58. The molecule has 0 aromatic heterocycles. The second kappa shape index (κ2) is 5.33. The molecule has 0 saturated heterocycles. The zero-order valence-corrected chi connectivity index (χ0v) is 14.4. The number of aliphatic hydroxyl groups excluding tert-OH is 1. The van der Waals surface area contributed by atoms with Gasteiger partial charge in [0, 0.05) is 18.3 Å². The fraction of sp³-hybridized carbons (Fsp3) is 0.810. The maximum atomic E-state index is 12.0. The number of fused-ring (bicyclic) bond motifs is 5. The molecule has 0 aliphatic heterocycles. The first-order chi connectivity index (χ1) is 11.0. The number of Topliss-reactive ketones (excluding diaryl/α,β-unsaturated/α-hetero) is 1. The third-order valence-electron chi connectivity index (χ3n) is 8.37. The fourth-order valence-electron chi connectivity index (χ4n) is 7.20. The summed E-state index contributed by atoms with van der Waals surface area (Å²) in [5.74, 6) is 3.03. The summed E-state index contributed by atoms with van der Waals surface area (Å²) in [6.45, 7) is 6.22. The zero-order valence-electron chi connectivity index (χ0n) is 14.4. The summed E-state index contributed by atoms with van der Waals surface area (Å²) in [4.78, 5) is 12.0. The molecule has 126 valence electrons. The van der Waals surface area contributed by atoms with Crippen LogP contribution in [0.1, 0.15) is 64.7 Å². The van der Waals surface area contributed by atoms with Crippen LogP contribution in [0.2, 0.25) is 0 Å². The van der Waals surface area contributed by atoms with Crippen LogP contribution in [0, 0.1) is 34.5 Å². The van der Waals surface area contributed by atoms with Gasteiger partial charge in [0.15, 0.2) is 0 Å². The first-order valence-electron chi connectivity index (χ1n) is 9.58. The predicted octanol–water partition coefficient (Wildman–Crippen LogP) is 4.28. The smallest absolute Gasteiger partial charge is 0.133 e. The second-order valence-corrected chi connectivity index (χ2v) is 8.99. The van der Waals surface area contributed by atoms with Crippen molar-refractivity contribution in [1.82, 2.24) is 0 Å². The SMILES string of the molecule is C=C=C[C@]12CCC(=O)C[C@@H]1CC[C@H]1[C@@H]3CC[C@H](O)[C@@]3(C)CC[C@@H]12. The molecule has 0 unspecified atom stereocenters. The minimum atomic E-state index is -0.106. The van der Waals surface area contributed by atoms with Crippen molar-refractivity contribution in [3.63, 3.8) is 0 Å². The summed E-state index contributed by atoms with van der Waals surface area (Å²) in [7, 11) is 0. The maximum Gasteiger partial charge on any atom is 0.133 e. The number of ketones is 1. The average molecular weight is 314 g/mol. The van der Waals surface area contributed by atoms with Crippen LogP contribution in [-0.2, 0) is 4.79 Å². The lowest BCUT2D eigenvalue weighted by molar-refractivity contribution is -0.136. The molecule has 1 N–H and O–H groups in total. The Hall–Kier alpha value is -0.850. The second-order valence-electron chi connectivity index (χ2n) is 8.99. The van der Waals surface area contributed by atoms with Gasteiger partial charge in [-0.15, -0.1) is 5.73 Å². The Labute approximate surface area is 140 Å². The molecule has 4 aliphatic carbocycles. The van der Waals surface area contributed by atoms with Gasteiger partial charge in [-0.3, -0.25) is 4.79 Å². The highest BCUT2D eigenvalue weighted by atomic mass is 16.3. The molecule has 2 nitrogen and oxygen atoms in total. The maximum absolute atomic E-state index is 12.0. The van der Waals surface area contributed by atoms with Crippen molar-refractivity contribution in [1.29, 1.82) is 0 Å². The van der Waals surface area contributed by atoms with E-state index in [2.05, 4.69) is 25.3 Å².